The third-order valence-electron chi connectivity index (χ3n) is 3.43. The molecule has 1 saturated heterocycles. The Morgan fingerprint density at radius 1 is 1.10 bits per heavy atom. The van der Waals surface area contributed by atoms with Gasteiger partial charge in [0.1, 0.15) is 0 Å². The van der Waals surface area contributed by atoms with Crippen molar-refractivity contribution in [3.05, 3.63) is 59.7 Å². The lowest BCUT2D eigenvalue weighted by molar-refractivity contribution is -0.146. The first-order valence-electron chi connectivity index (χ1n) is 6.58. The van der Waals surface area contributed by atoms with E-state index in [-0.39, 0.29) is 23.4 Å². The highest BCUT2D eigenvalue weighted by Crippen LogP contribution is 2.34. The molecule has 0 bridgehead atoms. The number of hydrazone groups is 1. The Morgan fingerprint density at radius 2 is 1.86 bits per heavy atom. The zero-order valence-electron chi connectivity index (χ0n) is 11.2. The van der Waals surface area contributed by atoms with Crippen LogP contribution in [0, 0.1) is 0 Å². The Bertz CT molecular complexity index is 698. The summed E-state index contributed by atoms with van der Waals surface area (Å²) in [4.78, 5) is 11.7. The van der Waals surface area contributed by atoms with Crippen LogP contribution in [-0.4, -0.2) is 27.3 Å². The molecule has 21 heavy (non-hydrogen) atoms. The van der Waals surface area contributed by atoms with Gasteiger partial charge in [-0.1, -0.05) is 30.3 Å². The lowest BCUT2D eigenvalue weighted by atomic mass is 9.96. The average Bonchev–Trinajstić information content (AvgIpc) is 2.49. The van der Waals surface area contributed by atoms with Crippen LogP contribution < -0.4 is 0 Å². The summed E-state index contributed by atoms with van der Waals surface area (Å²) in [6.45, 7) is 0. The Kier molecular flexibility index (Phi) is 3.31. The molecule has 1 unspecified atom stereocenters. The van der Waals surface area contributed by atoms with Gasteiger partial charge in [-0.3, -0.25) is 4.79 Å². The van der Waals surface area contributed by atoms with Crippen LogP contribution in [0.1, 0.15) is 23.6 Å². The molecule has 3 rings (SSSR count). The fraction of sp³-hybridized carbons (Fsp3) is 0.125. The predicted octanol–water partition coefficient (Wildman–Crippen LogP) is 2.41. The van der Waals surface area contributed by atoms with Crippen molar-refractivity contribution in [2.45, 2.75) is 12.5 Å². The maximum absolute atomic E-state index is 11.7. The average molecular weight is 282 g/mol. The van der Waals surface area contributed by atoms with Gasteiger partial charge in [0.05, 0.1) is 18.7 Å². The Morgan fingerprint density at radius 3 is 2.52 bits per heavy atom. The van der Waals surface area contributed by atoms with Crippen LogP contribution in [0.3, 0.4) is 0 Å². The molecule has 0 aromatic heterocycles. The summed E-state index contributed by atoms with van der Waals surface area (Å²) < 4.78 is 0. The van der Waals surface area contributed by atoms with Gasteiger partial charge in [0.15, 0.2) is 11.5 Å². The minimum atomic E-state index is -0.214. The number of hydrogen-bond acceptors (Lipinski definition) is 4. The van der Waals surface area contributed by atoms with E-state index >= 15 is 0 Å². The zero-order valence-corrected chi connectivity index (χ0v) is 11.2. The molecule has 1 amide bonds. The second-order valence-corrected chi connectivity index (χ2v) is 4.86. The van der Waals surface area contributed by atoms with Gasteiger partial charge in [0.2, 0.25) is 5.91 Å². The number of carbonyl (C=O) groups excluding carboxylic acids is 1. The van der Waals surface area contributed by atoms with Crippen LogP contribution in [-0.2, 0) is 4.79 Å². The van der Waals surface area contributed by atoms with Crippen molar-refractivity contribution < 1.29 is 15.0 Å². The Hall–Kier alpha value is -2.82. The van der Waals surface area contributed by atoms with E-state index in [1.807, 2.05) is 30.3 Å². The lowest BCUT2D eigenvalue weighted by Crippen LogP contribution is -2.42. The van der Waals surface area contributed by atoms with Crippen LogP contribution in [0.5, 0.6) is 11.5 Å². The normalized spacial score (nSPS) is 18.0. The van der Waals surface area contributed by atoms with E-state index in [0.717, 1.165) is 5.56 Å². The summed E-state index contributed by atoms with van der Waals surface area (Å²) in [6.07, 6.45) is 1.94. The Labute approximate surface area is 121 Å². The van der Waals surface area contributed by atoms with Gasteiger partial charge in [0.25, 0.3) is 0 Å². The van der Waals surface area contributed by atoms with Crippen molar-refractivity contribution in [3.8, 4) is 11.5 Å². The monoisotopic (exact) mass is 282 g/mol. The number of β-lactam (4-membered cyclic amide) rings is 1. The van der Waals surface area contributed by atoms with Crippen LogP contribution in [0.15, 0.2) is 53.6 Å². The highest BCUT2D eigenvalue weighted by molar-refractivity contribution is 5.86. The van der Waals surface area contributed by atoms with Gasteiger partial charge >= 0.3 is 0 Å². The summed E-state index contributed by atoms with van der Waals surface area (Å²) >= 11 is 0. The van der Waals surface area contributed by atoms with E-state index < -0.39 is 0 Å². The number of phenols is 2. The number of phenolic OH excluding ortho intramolecular Hbond substituents is 2. The van der Waals surface area contributed by atoms with Gasteiger partial charge in [-0.15, -0.1) is 0 Å². The molecule has 1 fully saturated rings. The molecule has 0 aliphatic carbocycles. The number of nitrogens with zero attached hydrogens (tertiary/aromatic N) is 2. The fourth-order valence-electron chi connectivity index (χ4n) is 2.24. The zero-order chi connectivity index (χ0) is 14.8. The Balaban J connectivity index is 1.78. The summed E-state index contributed by atoms with van der Waals surface area (Å²) in [5.74, 6) is -0.439. The first-order chi connectivity index (χ1) is 10.1. The maximum Gasteiger partial charge on any atom is 0.245 e. The lowest BCUT2D eigenvalue weighted by Gasteiger charge is -2.36. The van der Waals surface area contributed by atoms with Crippen LogP contribution in [0.25, 0.3) is 0 Å². The molecule has 0 radical (unpaired) electrons. The van der Waals surface area contributed by atoms with Crippen LogP contribution >= 0.6 is 0 Å². The van der Waals surface area contributed by atoms with Crippen molar-refractivity contribution in [1.29, 1.82) is 0 Å². The standard InChI is InChI=1S/C16H14N2O3/c19-14-7-6-11(8-15(14)20)10-17-18-13(9-16(18)21)12-4-2-1-3-5-12/h1-8,10,13,19-20H,9H2. The molecule has 0 spiro atoms. The third-order valence-corrected chi connectivity index (χ3v) is 3.43. The molecule has 5 heteroatoms. The van der Waals surface area contributed by atoms with Crippen molar-refractivity contribution >= 4 is 12.1 Å². The van der Waals surface area contributed by atoms with E-state index in [1.165, 1.54) is 23.4 Å². The van der Waals surface area contributed by atoms with E-state index in [4.69, 9.17) is 0 Å². The summed E-state index contributed by atoms with van der Waals surface area (Å²) in [5, 5.41) is 24.3. The SMILES string of the molecule is O=C1CC(c2ccccc2)N1N=Cc1ccc(O)c(O)c1. The quantitative estimate of drug-likeness (QED) is 0.516. The first kappa shape index (κ1) is 13.2. The van der Waals surface area contributed by atoms with Gasteiger partial charge in [-0.05, 0) is 29.3 Å². The van der Waals surface area contributed by atoms with Gasteiger partial charge < -0.3 is 10.2 Å². The highest BCUT2D eigenvalue weighted by atomic mass is 16.3. The first-order valence-corrected chi connectivity index (χ1v) is 6.58. The van der Waals surface area contributed by atoms with Gasteiger partial charge in [-0.25, -0.2) is 5.01 Å². The second-order valence-electron chi connectivity index (χ2n) is 4.86. The third kappa shape index (κ3) is 2.58. The fourth-order valence-corrected chi connectivity index (χ4v) is 2.24. The van der Waals surface area contributed by atoms with Gasteiger partial charge in [-0.2, -0.15) is 5.10 Å². The number of carbonyl (C=O) groups is 1. The van der Waals surface area contributed by atoms with Gasteiger partial charge in [0, 0.05) is 0 Å². The topological polar surface area (TPSA) is 73.1 Å². The van der Waals surface area contributed by atoms with E-state index in [2.05, 4.69) is 5.10 Å². The number of benzene rings is 2. The number of hydrogen-bond donors (Lipinski definition) is 2. The molecule has 1 aliphatic heterocycles. The molecule has 2 aromatic rings. The van der Waals surface area contributed by atoms with Crippen LogP contribution in [0.2, 0.25) is 0 Å². The summed E-state index contributed by atoms with van der Waals surface area (Å²) in [5.41, 5.74) is 1.65. The number of amides is 1. The van der Waals surface area contributed by atoms with Crippen molar-refractivity contribution in [2.75, 3.05) is 0 Å². The largest absolute Gasteiger partial charge is 0.504 e. The molecular formula is C16H14N2O3. The predicted molar refractivity (Wildman–Crippen MR) is 78.0 cm³/mol. The summed E-state index contributed by atoms with van der Waals surface area (Å²) in [7, 11) is 0. The summed E-state index contributed by atoms with van der Waals surface area (Å²) in [6, 6.07) is 14.1. The van der Waals surface area contributed by atoms with Crippen molar-refractivity contribution in [1.82, 2.24) is 5.01 Å². The minimum Gasteiger partial charge on any atom is -0.504 e. The van der Waals surface area contributed by atoms with E-state index in [9.17, 15) is 15.0 Å². The molecule has 0 saturated carbocycles. The molecule has 1 aliphatic rings. The highest BCUT2D eigenvalue weighted by Gasteiger charge is 2.37. The van der Waals surface area contributed by atoms with Crippen molar-refractivity contribution in [2.24, 2.45) is 5.10 Å². The molecular weight excluding hydrogens is 268 g/mol. The smallest absolute Gasteiger partial charge is 0.245 e. The molecule has 1 heterocycles. The minimum absolute atomic E-state index is 0.0388. The molecule has 2 aromatic carbocycles. The number of rotatable bonds is 3. The molecule has 5 nitrogen and oxygen atoms in total. The molecule has 2 N–H and O–H groups in total. The van der Waals surface area contributed by atoms with E-state index in [0.29, 0.717) is 12.0 Å². The van der Waals surface area contributed by atoms with Crippen LogP contribution in [0.4, 0.5) is 0 Å². The molecule has 1 atom stereocenters. The van der Waals surface area contributed by atoms with E-state index in [1.54, 1.807) is 6.07 Å². The number of aromatic hydroxyl groups is 2. The molecule has 106 valence electrons. The second kappa shape index (κ2) is 5.28. The van der Waals surface area contributed by atoms with Crippen molar-refractivity contribution in [3.63, 3.8) is 0 Å². The maximum atomic E-state index is 11.7.